The zero-order chi connectivity index (χ0) is 18.8. The van der Waals surface area contributed by atoms with E-state index in [0.29, 0.717) is 37.3 Å². The van der Waals surface area contributed by atoms with Gasteiger partial charge in [-0.1, -0.05) is 18.2 Å². The summed E-state index contributed by atoms with van der Waals surface area (Å²) in [6.45, 7) is 2.11. The van der Waals surface area contributed by atoms with Crippen molar-refractivity contribution in [2.75, 3.05) is 24.6 Å². The van der Waals surface area contributed by atoms with E-state index in [0.717, 1.165) is 25.8 Å². The minimum atomic E-state index is -0.0935. The summed E-state index contributed by atoms with van der Waals surface area (Å²) in [7, 11) is 0. The Bertz CT molecular complexity index is 769. The fourth-order valence-electron chi connectivity index (χ4n) is 4.10. The van der Waals surface area contributed by atoms with Crippen molar-refractivity contribution in [3.63, 3.8) is 0 Å². The van der Waals surface area contributed by atoms with Gasteiger partial charge in [-0.25, -0.2) is 5.01 Å². The Morgan fingerprint density at radius 3 is 2.33 bits per heavy atom. The van der Waals surface area contributed by atoms with Gasteiger partial charge in [-0.15, -0.1) is 0 Å². The van der Waals surface area contributed by atoms with Crippen molar-refractivity contribution in [2.45, 2.75) is 44.6 Å². The molecule has 0 saturated carbocycles. The third kappa shape index (κ3) is 3.59. The number of rotatable bonds is 3. The molecule has 0 bridgehead atoms. The Hall–Kier alpha value is -2.70. The molecule has 27 heavy (non-hydrogen) atoms. The standard InChI is InChI=1S/C20H24N4O3/c25-18-7-4-12-23(18)15-10-13-22(14-11-15)20(27)17-8-9-19(26)24(21-17)16-5-2-1-3-6-16/h1-3,5-6,15H,4,7-14H2. The smallest absolute Gasteiger partial charge is 0.270 e. The first-order valence-electron chi connectivity index (χ1n) is 9.68. The largest absolute Gasteiger partial charge is 0.340 e. The number of hydrogen-bond acceptors (Lipinski definition) is 4. The van der Waals surface area contributed by atoms with Gasteiger partial charge in [-0.2, -0.15) is 5.10 Å². The van der Waals surface area contributed by atoms with Crippen LogP contribution < -0.4 is 5.01 Å². The van der Waals surface area contributed by atoms with Gasteiger partial charge < -0.3 is 9.80 Å². The number of piperidine rings is 1. The van der Waals surface area contributed by atoms with Crippen molar-refractivity contribution in [3.8, 4) is 0 Å². The van der Waals surface area contributed by atoms with Gasteiger partial charge in [-0.05, 0) is 31.4 Å². The molecule has 0 spiro atoms. The Kier molecular flexibility index (Phi) is 4.92. The molecule has 1 aromatic carbocycles. The van der Waals surface area contributed by atoms with E-state index in [1.54, 1.807) is 0 Å². The lowest BCUT2D eigenvalue weighted by molar-refractivity contribution is -0.131. The highest BCUT2D eigenvalue weighted by Crippen LogP contribution is 2.24. The number of nitrogens with zero attached hydrogens (tertiary/aromatic N) is 4. The van der Waals surface area contributed by atoms with E-state index in [-0.39, 0.29) is 30.2 Å². The summed E-state index contributed by atoms with van der Waals surface area (Å²) in [6, 6.07) is 9.45. The highest BCUT2D eigenvalue weighted by Gasteiger charge is 2.34. The van der Waals surface area contributed by atoms with E-state index in [9.17, 15) is 14.4 Å². The Labute approximate surface area is 158 Å². The summed E-state index contributed by atoms with van der Waals surface area (Å²) in [5, 5.41) is 5.70. The maximum Gasteiger partial charge on any atom is 0.270 e. The molecular formula is C20H24N4O3. The third-order valence-electron chi connectivity index (χ3n) is 5.58. The Morgan fingerprint density at radius 1 is 0.926 bits per heavy atom. The number of benzene rings is 1. The van der Waals surface area contributed by atoms with Crippen molar-refractivity contribution in [2.24, 2.45) is 5.10 Å². The minimum Gasteiger partial charge on any atom is -0.340 e. The molecule has 3 aliphatic rings. The maximum atomic E-state index is 12.9. The van der Waals surface area contributed by atoms with E-state index >= 15 is 0 Å². The molecular weight excluding hydrogens is 344 g/mol. The zero-order valence-electron chi connectivity index (χ0n) is 15.3. The number of carbonyl (C=O) groups excluding carboxylic acids is 3. The summed E-state index contributed by atoms with van der Waals surface area (Å²) in [5.74, 6) is 0.0621. The summed E-state index contributed by atoms with van der Waals surface area (Å²) >= 11 is 0. The molecule has 1 aromatic rings. The molecule has 4 rings (SSSR count). The predicted octanol–water partition coefficient (Wildman–Crippen LogP) is 1.78. The van der Waals surface area contributed by atoms with Gasteiger partial charge in [0.05, 0.1) is 5.69 Å². The summed E-state index contributed by atoms with van der Waals surface area (Å²) in [6.07, 6.45) is 3.89. The number of likely N-dealkylation sites (tertiary alicyclic amines) is 2. The molecule has 3 heterocycles. The van der Waals surface area contributed by atoms with Crippen LogP contribution in [0.4, 0.5) is 5.69 Å². The van der Waals surface area contributed by atoms with Gasteiger partial charge in [0, 0.05) is 44.9 Å². The molecule has 0 atom stereocenters. The van der Waals surface area contributed by atoms with Crippen LogP contribution in [0.5, 0.6) is 0 Å². The van der Waals surface area contributed by atoms with E-state index in [4.69, 9.17) is 0 Å². The lowest BCUT2D eigenvalue weighted by Crippen LogP contribution is -2.49. The third-order valence-corrected chi connectivity index (χ3v) is 5.58. The number of para-hydroxylation sites is 1. The second-order valence-electron chi connectivity index (χ2n) is 7.30. The van der Waals surface area contributed by atoms with E-state index in [2.05, 4.69) is 5.10 Å². The molecule has 0 aromatic heterocycles. The van der Waals surface area contributed by atoms with Crippen LogP contribution >= 0.6 is 0 Å². The molecule has 7 heteroatoms. The maximum absolute atomic E-state index is 12.9. The summed E-state index contributed by atoms with van der Waals surface area (Å²) in [4.78, 5) is 40.8. The van der Waals surface area contributed by atoms with E-state index < -0.39 is 0 Å². The molecule has 0 N–H and O–H groups in total. The van der Waals surface area contributed by atoms with Gasteiger partial charge in [0.15, 0.2) is 0 Å². The highest BCUT2D eigenvalue weighted by atomic mass is 16.2. The number of carbonyl (C=O) groups is 3. The molecule has 0 aliphatic carbocycles. The number of hydrogen-bond donors (Lipinski definition) is 0. The minimum absolute atomic E-state index is 0.0883. The van der Waals surface area contributed by atoms with Crippen LogP contribution in [0, 0.1) is 0 Å². The summed E-state index contributed by atoms with van der Waals surface area (Å²) in [5.41, 5.74) is 1.12. The highest BCUT2D eigenvalue weighted by molar-refractivity contribution is 6.40. The molecule has 142 valence electrons. The molecule has 0 radical (unpaired) electrons. The molecule has 3 amide bonds. The monoisotopic (exact) mass is 368 g/mol. The van der Waals surface area contributed by atoms with Gasteiger partial charge in [0.2, 0.25) is 11.8 Å². The number of amides is 3. The zero-order valence-corrected chi connectivity index (χ0v) is 15.3. The predicted molar refractivity (Wildman–Crippen MR) is 101 cm³/mol. The van der Waals surface area contributed by atoms with Crippen molar-refractivity contribution < 1.29 is 14.4 Å². The quantitative estimate of drug-likeness (QED) is 0.816. The van der Waals surface area contributed by atoms with Gasteiger partial charge in [0.25, 0.3) is 5.91 Å². The van der Waals surface area contributed by atoms with Gasteiger partial charge in [-0.3, -0.25) is 14.4 Å². The van der Waals surface area contributed by atoms with Crippen molar-refractivity contribution >= 4 is 29.1 Å². The second-order valence-corrected chi connectivity index (χ2v) is 7.30. The van der Waals surface area contributed by atoms with Gasteiger partial charge in [0.1, 0.15) is 5.71 Å². The first-order chi connectivity index (χ1) is 13.1. The van der Waals surface area contributed by atoms with Crippen LogP contribution in [0.2, 0.25) is 0 Å². The van der Waals surface area contributed by atoms with Crippen LogP contribution in [-0.2, 0) is 14.4 Å². The Balaban J connectivity index is 1.42. The topological polar surface area (TPSA) is 73.3 Å². The van der Waals surface area contributed by atoms with Crippen LogP contribution in [0.3, 0.4) is 0 Å². The van der Waals surface area contributed by atoms with Crippen LogP contribution in [0.1, 0.15) is 38.5 Å². The normalized spacial score (nSPS) is 21.6. The SMILES string of the molecule is O=C(C1=NN(c2ccccc2)C(=O)CC1)N1CCC(N2CCCC2=O)CC1. The van der Waals surface area contributed by atoms with Crippen LogP contribution in [-0.4, -0.2) is 58.9 Å². The fraction of sp³-hybridized carbons (Fsp3) is 0.500. The summed E-state index contributed by atoms with van der Waals surface area (Å²) < 4.78 is 0. The number of anilines is 1. The average molecular weight is 368 g/mol. The Morgan fingerprint density at radius 2 is 1.67 bits per heavy atom. The molecule has 0 unspecified atom stereocenters. The number of hydrazone groups is 1. The first-order valence-corrected chi connectivity index (χ1v) is 9.68. The lowest BCUT2D eigenvalue weighted by atomic mass is 10.0. The second kappa shape index (κ2) is 7.50. The molecule has 2 saturated heterocycles. The van der Waals surface area contributed by atoms with Crippen molar-refractivity contribution in [3.05, 3.63) is 30.3 Å². The first kappa shape index (κ1) is 17.7. The average Bonchev–Trinajstić information content (AvgIpc) is 3.14. The van der Waals surface area contributed by atoms with Crippen LogP contribution in [0.15, 0.2) is 35.4 Å². The van der Waals surface area contributed by atoms with E-state index in [1.807, 2.05) is 40.1 Å². The lowest BCUT2D eigenvalue weighted by Gasteiger charge is -2.37. The van der Waals surface area contributed by atoms with Crippen molar-refractivity contribution in [1.82, 2.24) is 9.80 Å². The fourth-order valence-corrected chi connectivity index (χ4v) is 4.10. The van der Waals surface area contributed by atoms with Crippen LogP contribution in [0.25, 0.3) is 0 Å². The molecule has 2 fully saturated rings. The van der Waals surface area contributed by atoms with E-state index in [1.165, 1.54) is 5.01 Å². The molecule has 7 nitrogen and oxygen atoms in total. The van der Waals surface area contributed by atoms with Gasteiger partial charge >= 0.3 is 0 Å². The molecule has 3 aliphatic heterocycles. The van der Waals surface area contributed by atoms with Crippen molar-refractivity contribution in [1.29, 1.82) is 0 Å².